The monoisotopic (exact) mass is 357 g/mol. The number of hydrogen-bond donors (Lipinski definition) is 1. The van der Waals surface area contributed by atoms with Gasteiger partial charge in [0.2, 0.25) is 0 Å². The van der Waals surface area contributed by atoms with E-state index in [9.17, 15) is 4.21 Å². The molecule has 6 heteroatoms. The van der Waals surface area contributed by atoms with Crippen molar-refractivity contribution in [1.82, 2.24) is 5.32 Å². The predicted octanol–water partition coefficient (Wildman–Crippen LogP) is 2.66. The lowest BCUT2D eigenvalue weighted by Crippen LogP contribution is -2.20. The van der Waals surface area contributed by atoms with E-state index in [1.807, 2.05) is 13.0 Å². The standard InChI is InChI=1S/C9H13Br2NO2S/c1-2-15(13)4-3-12-6-7-5-8(10)9(11)14-7/h5,12H,2-4,6H2,1H3. The van der Waals surface area contributed by atoms with Gasteiger partial charge in [-0.2, -0.15) is 0 Å². The second kappa shape index (κ2) is 6.83. The normalized spacial score (nSPS) is 13.0. The number of halogens is 2. The molecule has 0 fully saturated rings. The first-order chi connectivity index (χ1) is 7.13. The molecule has 0 aliphatic carbocycles. The molecule has 15 heavy (non-hydrogen) atoms. The largest absolute Gasteiger partial charge is 0.452 e. The summed E-state index contributed by atoms with van der Waals surface area (Å²) in [5, 5.41) is 3.18. The molecule has 1 N–H and O–H groups in total. The fraction of sp³-hybridized carbons (Fsp3) is 0.556. The molecule has 0 aliphatic rings. The van der Waals surface area contributed by atoms with Crippen LogP contribution >= 0.6 is 31.9 Å². The van der Waals surface area contributed by atoms with Crippen molar-refractivity contribution >= 4 is 42.7 Å². The summed E-state index contributed by atoms with van der Waals surface area (Å²) in [6.45, 7) is 3.33. The van der Waals surface area contributed by atoms with Crippen molar-refractivity contribution in [3.05, 3.63) is 21.0 Å². The van der Waals surface area contributed by atoms with E-state index in [4.69, 9.17) is 4.42 Å². The van der Waals surface area contributed by atoms with Crippen LogP contribution in [-0.4, -0.2) is 22.3 Å². The van der Waals surface area contributed by atoms with Gasteiger partial charge in [-0.15, -0.1) is 0 Å². The summed E-state index contributed by atoms with van der Waals surface area (Å²) >= 11 is 6.61. The van der Waals surface area contributed by atoms with E-state index >= 15 is 0 Å². The van der Waals surface area contributed by atoms with Crippen molar-refractivity contribution in [2.24, 2.45) is 0 Å². The molecule has 0 spiro atoms. The smallest absolute Gasteiger partial charge is 0.183 e. The Kier molecular flexibility index (Phi) is 6.11. The van der Waals surface area contributed by atoms with Crippen LogP contribution in [0.3, 0.4) is 0 Å². The van der Waals surface area contributed by atoms with Crippen LogP contribution in [0.15, 0.2) is 19.6 Å². The van der Waals surface area contributed by atoms with Crippen LogP contribution in [0.25, 0.3) is 0 Å². The lowest BCUT2D eigenvalue weighted by molar-refractivity contribution is 0.468. The van der Waals surface area contributed by atoms with Crippen molar-refractivity contribution < 1.29 is 8.63 Å². The van der Waals surface area contributed by atoms with Gasteiger partial charge in [-0.1, -0.05) is 6.92 Å². The number of furan rings is 1. The minimum atomic E-state index is -0.696. The molecule has 0 bridgehead atoms. The van der Waals surface area contributed by atoms with Gasteiger partial charge in [0, 0.05) is 28.9 Å². The van der Waals surface area contributed by atoms with Crippen molar-refractivity contribution in [3.63, 3.8) is 0 Å². The highest BCUT2D eigenvalue weighted by atomic mass is 79.9. The highest BCUT2D eigenvalue weighted by Crippen LogP contribution is 2.26. The maximum Gasteiger partial charge on any atom is 0.183 e. The van der Waals surface area contributed by atoms with Crippen molar-refractivity contribution in [1.29, 1.82) is 0 Å². The minimum Gasteiger partial charge on any atom is -0.452 e. The molecule has 0 aliphatic heterocycles. The molecular weight excluding hydrogens is 346 g/mol. The van der Waals surface area contributed by atoms with Gasteiger partial charge >= 0.3 is 0 Å². The second-order valence-corrected chi connectivity index (χ2v) is 6.38. The average Bonchev–Trinajstić information content (AvgIpc) is 2.53. The first-order valence-corrected chi connectivity index (χ1v) is 7.70. The van der Waals surface area contributed by atoms with Gasteiger partial charge in [-0.05, 0) is 37.9 Å². The maximum absolute atomic E-state index is 11.1. The third kappa shape index (κ3) is 4.80. The van der Waals surface area contributed by atoms with Crippen molar-refractivity contribution in [2.45, 2.75) is 13.5 Å². The zero-order chi connectivity index (χ0) is 11.3. The molecule has 86 valence electrons. The van der Waals surface area contributed by atoms with E-state index in [2.05, 4.69) is 37.2 Å². The van der Waals surface area contributed by atoms with Gasteiger partial charge in [0.05, 0.1) is 11.0 Å². The maximum atomic E-state index is 11.1. The molecular formula is C9H13Br2NO2S. The zero-order valence-corrected chi connectivity index (χ0v) is 12.4. The molecule has 0 radical (unpaired) electrons. The Morgan fingerprint density at radius 2 is 2.27 bits per heavy atom. The summed E-state index contributed by atoms with van der Waals surface area (Å²) in [6, 6.07) is 1.91. The highest BCUT2D eigenvalue weighted by molar-refractivity contribution is 9.13. The van der Waals surface area contributed by atoms with E-state index < -0.39 is 10.8 Å². The highest BCUT2D eigenvalue weighted by Gasteiger charge is 2.05. The molecule has 1 heterocycles. The summed E-state index contributed by atoms with van der Waals surface area (Å²) in [5.74, 6) is 2.27. The summed E-state index contributed by atoms with van der Waals surface area (Å²) in [5.41, 5.74) is 0. The molecule has 0 amide bonds. The summed E-state index contributed by atoms with van der Waals surface area (Å²) in [6.07, 6.45) is 0. The fourth-order valence-electron chi connectivity index (χ4n) is 1.02. The number of hydrogen-bond acceptors (Lipinski definition) is 3. The molecule has 0 saturated heterocycles. The van der Waals surface area contributed by atoms with Crippen molar-refractivity contribution in [3.8, 4) is 0 Å². The zero-order valence-electron chi connectivity index (χ0n) is 8.39. The molecule has 0 saturated carbocycles. The first-order valence-electron chi connectivity index (χ1n) is 4.63. The SMILES string of the molecule is CCS(=O)CCNCc1cc(Br)c(Br)o1. The van der Waals surface area contributed by atoms with E-state index in [1.165, 1.54) is 0 Å². The topological polar surface area (TPSA) is 42.2 Å². The third-order valence-corrected chi connectivity index (χ3v) is 4.84. The molecule has 1 rings (SSSR count). The lowest BCUT2D eigenvalue weighted by Gasteiger charge is -2.01. The summed E-state index contributed by atoms with van der Waals surface area (Å²) in [7, 11) is -0.696. The van der Waals surface area contributed by atoms with Crippen LogP contribution in [0, 0.1) is 0 Å². The van der Waals surface area contributed by atoms with Gasteiger partial charge < -0.3 is 9.73 Å². The Balaban J connectivity index is 2.23. The molecule has 1 atom stereocenters. The first kappa shape index (κ1) is 13.4. The van der Waals surface area contributed by atoms with Crippen LogP contribution in [0.2, 0.25) is 0 Å². The van der Waals surface area contributed by atoms with Gasteiger partial charge in [0.1, 0.15) is 5.76 Å². The Morgan fingerprint density at radius 1 is 1.53 bits per heavy atom. The van der Waals surface area contributed by atoms with Crippen LogP contribution in [0.1, 0.15) is 12.7 Å². The predicted molar refractivity (Wildman–Crippen MR) is 69.4 cm³/mol. The van der Waals surface area contributed by atoms with Gasteiger partial charge in [-0.3, -0.25) is 4.21 Å². The van der Waals surface area contributed by atoms with E-state index in [-0.39, 0.29) is 0 Å². The Bertz CT molecular complexity index is 321. The van der Waals surface area contributed by atoms with E-state index in [0.29, 0.717) is 17.0 Å². The molecule has 3 nitrogen and oxygen atoms in total. The lowest BCUT2D eigenvalue weighted by atomic mass is 10.4. The fourth-order valence-corrected chi connectivity index (χ4v) is 2.34. The Labute approximate surface area is 109 Å². The van der Waals surface area contributed by atoms with E-state index in [0.717, 1.165) is 22.5 Å². The van der Waals surface area contributed by atoms with Crippen LogP contribution < -0.4 is 5.32 Å². The minimum absolute atomic E-state index is 0.658. The third-order valence-electron chi connectivity index (χ3n) is 1.82. The average molecular weight is 359 g/mol. The van der Waals surface area contributed by atoms with Gasteiger partial charge in [-0.25, -0.2) is 0 Å². The summed E-state index contributed by atoms with van der Waals surface area (Å²) < 4.78 is 18.1. The van der Waals surface area contributed by atoms with Gasteiger partial charge in [0.25, 0.3) is 0 Å². The van der Waals surface area contributed by atoms with Gasteiger partial charge in [0.15, 0.2) is 4.67 Å². The molecule has 1 unspecified atom stereocenters. The van der Waals surface area contributed by atoms with Crippen molar-refractivity contribution in [2.75, 3.05) is 18.1 Å². The molecule has 1 aromatic heterocycles. The number of rotatable bonds is 6. The second-order valence-electron chi connectivity index (χ2n) is 2.94. The van der Waals surface area contributed by atoms with Crippen LogP contribution in [0.5, 0.6) is 0 Å². The molecule has 1 aromatic rings. The Hall–Kier alpha value is 0.350. The quantitative estimate of drug-likeness (QED) is 0.795. The summed E-state index contributed by atoms with van der Waals surface area (Å²) in [4.78, 5) is 0. The van der Waals surface area contributed by atoms with Crippen LogP contribution in [-0.2, 0) is 17.3 Å². The number of nitrogens with one attached hydrogen (secondary N) is 1. The Morgan fingerprint density at radius 3 is 2.80 bits per heavy atom. The van der Waals surface area contributed by atoms with E-state index in [1.54, 1.807) is 0 Å². The molecule has 0 aromatic carbocycles. The van der Waals surface area contributed by atoms with Crippen LogP contribution in [0.4, 0.5) is 0 Å².